The van der Waals surface area contributed by atoms with E-state index in [4.69, 9.17) is 0 Å². The van der Waals surface area contributed by atoms with Gasteiger partial charge in [0.1, 0.15) is 0 Å². The topological polar surface area (TPSA) is 9.86 Å². The van der Waals surface area contributed by atoms with Crippen molar-refractivity contribution in [1.29, 1.82) is 0 Å². The average molecular weight is 877 g/mol. The summed E-state index contributed by atoms with van der Waals surface area (Å²) in [5.74, 6) is 0. The van der Waals surface area contributed by atoms with E-state index in [0.717, 1.165) is 11.4 Å². The van der Waals surface area contributed by atoms with Crippen LogP contribution in [0.25, 0.3) is 131 Å². The van der Waals surface area contributed by atoms with Gasteiger partial charge in [-0.1, -0.05) is 172 Å². The lowest BCUT2D eigenvalue weighted by Gasteiger charge is -2.24. The molecule has 0 radical (unpaired) electrons. The van der Waals surface area contributed by atoms with Crippen LogP contribution in [0.2, 0.25) is 0 Å². The summed E-state index contributed by atoms with van der Waals surface area (Å²) in [6.07, 6.45) is 0. The van der Waals surface area contributed by atoms with Crippen molar-refractivity contribution >= 4 is 86.7 Å². The van der Waals surface area contributed by atoms with Crippen molar-refractivity contribution in [3.8, 4) is 44.8 Å². The van der Waals surface area contributed by atoms with Crippen LogP contribution in [0.1, 0.15) is 25.0 Å². The van der Waals surface area contributed by atoms with Gasteiger partial charge in [-0.25, -0.2) is 0 Å². The van der Waals surface area contributed by atoms with E-state index in [9.17, 15) is 0 Å². The smallest absolute Gasteiger partial charge is 0.0547 e. The normalized spacial score (nSPS) is 13.2. The molecule has 0 saturated heterocycles. The van der Waals surface area contributed by atoms with Gasteiger partial charge in [0.15, 0.2) is 0 Å². The number of aromatic nitrogens is 2. The fourth-order valence-corrected chi connectivity index (χ4v) is 12.6. The van der Waals surface area contributed by atoms with Gasteiger partial charge >= 0.3 is 0 Å². The van der Waals surface area contributed by atoms with E-state index in [2.05, 4.69) is 254 Å². The molecule has 2 heteroatoms. The minimum Gasteiger partial charge on any atom is -0.309 e. The third-order valence-corrected chi connectivity index (χ3v) is 15.6. The van der Waals surface area contributed by atoms with Crippen LogP contribution in [-0.2, 0) is 5.41 Å². The summed E-state index contributed by atoms with van der Waals surface area (Å²) in [6.45, 7) is 4.81. The SMILES string of the molecule is CC1(C)c2ccccc2-c2cc3c(-c4ccc5c(c4)c4c6ccccc6ccc4n5-c4ccccc4)c4ccccc4c(-c4ccc5c(c4)c4c6ccccc6ccc4n5-c4ccccc4)c3cc21. The molecule has 2 aromatic heterocycles. The molecule has 0 spiro atoms. The van der Waals surface area contributed by atoms with Crippen LogP contribution in [0.15, 0.2) is 231 Å². The number of hydrogen-bond donors (Lipinski definition) is 0. The minimum atomic E-state index is -0.172. The average Bonchev–Trinajstić information content (AvgIpc) is 4.00. The first-order chi connectivity index (χ1) is 34.0. The zero-order valence-electron chi connectivity index (χ0n) is 38.3. The molecule has 322 valence electrons. The summed E-state index contributed by atoms with van der Waals surface area (Å²) >= 11 is 0. The van der Waals surface area contributed by atoms with Crippen LogP contribution in [-0.4, -0.2) is 9.13 Å². The lowest BCUT2D eigenvalue weighted by molar-refractivity contribution is 0.661. The molecule has 0 bridgehead atoms. The zero-order valence-corrected chi connectivity index (χ0v) is 38.3. The first-order valence-corrected chi connectivity index (χ1v) is 24.2. The molecular weight excluding hydrogens is 833 g/mol. The highest BCUT2D eigenvalue weighted by Gasteiger charge is 2.36. The molecule has 0 N–H and O–H groups in total. The molecule has 0 unspecified atom stereocenters. The van der Waals surface area contributed by atoms with Crippen molar-refractivity contribution in [2.45, 2.75) is 19.3 Å². The Morgan fingerprint density at radius 3 is 1.26 bits per heavy atom. The molecule has 2 nitrogen and oxygen atoms in total. The molecule has 1 aliphatic carbocycles. The number of hydrogen-bond acceptors (Lipinski definition) is 0. The molecule has 15 rings (SSSR count). The highest BCUT2D eigenvalue weighted by molar-refractivity contribution is 6.27. The van der Waals surface area contributed by atoms with Gasteiger partial charge in [-0.2, -0.15) is 0 Å². The maximum Gasteiger partial charge on any atom is 0.0547 e. The molecule has 0 atom stereocenters. The second-order valence-corrected chi connectivity index (χ2v) is 19.6. The second-order valence-electron chi connectivity index (χ2n) is 19.6. The summed E-state index contributed by atoms with van der Waals surface area (Å²) in [4.78, 5) is 0. The summed E-state index contributed by atoms with van der Waals surface area (Å²) in [7, 11) is 0. The fourth-order valence-electron chi connectivity index (χ4n) is 12.6. The number of para-hydroxylation sites is 2. The molecule has 12 aromatic carbocycles. The molecule has 0 aliphatic heterocycles. The Morgan fingerprint density at radius 1 is 0.290 bits per heavy atom. The second kappa shape index (κ2) is 14.2. The quantitative estimate of drug-likeness (QED) is 0.156. The van der Waals surface area contributed by atoms with Crippen molar-refractivity contribution in [3.63, 3.8) is 0 Å². The third kappa shape index (κ3) is 5.32. The standard InChI is InChI=1S/C67H44N2/c1-67(2)57-28-16-15-25-49(57)52-39-53-54(40-58(52)67)64(44-32-34-60-56(38-44)66-48-24-12-10-18-42(48)30-36-62(66)69(60)46-21-7-4-8-22-46)51-27-14-13-26-50(51)63(53)43-31-33-59-55(37-43)65-47-23-11-9-17-41(47)29-35-61(65)68(59)45-19-5-3-6-20-45/h3-40H,1-2H3. The van der Waals surface area contributed by atoms with Crippen molar-refractivity contribution in [1.82, 2.24) is 9.13 Å². The Hall–Kier alpha value is -8.72. The fraction of sp³-hybridized carbons (Fsp3) is 0.0448. The Bertz CT molecular complexity index is 4490. The molecule has 1 aliphatic rings. The molecule has 0 saturated carbocycles. The van der Waals surface area contributed by atoms with Gasteiger partial charge in [-0.05, 0) is 160 Å². The number of benzene rings is 12. The van der Waals surface area contributed by atoms with Crippen molar-refractivity contribution < 1.29 is 0 Å². The van der Waals surface area contributed by atoms with E-state index in [1.165, 1.54) is 131 Å². The van der Waals surface area contributed by atoms with Crippen molar-refractivity contribution in [3.05, 3.63) is 242 Å². The summed E-state index contributed by atoms with van der Waals surface area (Å²) < 4.78 is 4.89. The van der Waals surface area contributed by atoms with Crippen molar-refractivity contribution in [2.24, 2.45) is 0 Å². The van der Waals surface area contributed by atoms with Gasteiger partial charge in [-0.15, -0.1) is 0 Å². The monoisotopic (exact) mass is 876 g/mol. The van der Waals surface area contributed by atoms with E-state index in [1.54, 1.807) is 0 Å². The van der Waals surface area contributed by atoms with Gasteiger partial charge in [0.25, 0.3) is 0 Å². The molecule has 14 aromatic rings. The van der Waals surface area contributed by atoms with Gasteiger partial charge < -0.3 is 9.13 Å². The van der Waals surface area contributed by atoms with E-state index in [0.29, 0.717) is 0 Å². The van der Waals surface area contributed by atoms with E-state index >= 15 is 0 Å². The molecule has 0 fully saturated rings. The Balaban J connectivity index is 1.08. The van der Waals surface area contributed by atoms with Gasteiger partial charge in [0, 0.05) is 38.3 Å². The summed E-state index contributed by atoms with van der Waals surface area (Å²) in [5.41, 5.74) is 17.4. The molecule has 0 amide bonds. The maximum atomic E-state index is 2.57. The molecule has 2 heterocycles. The maximum absolute atomic E-state index is 2.57. The Labute approximate surface area is 399 Å². The van der Waals surface area contributed by atoms with Crippen LogP contribution in [0.5, 0.6) is 0 Å². The lowest BCUT2D eigenvalue weighted by atomic mass is 9.79. The van der Waals surface area contributed by atoms with E-state index in [1.807, 2.05) is 0 Å². The predicted molar refractivity (Wildman–Crippen MR) is 294 cm³/mol. The molecular formula is C67H44N2. The van der Waals surface area contributed by atoms with E-state index in [-0.39, 0.29) is 5.41 Å². The summed E-state index contributed by atoms with van der Waals surface area (Å²) in [6, 6.07) is 86.4. The number of nitrogens with zero attached hydrogens (tertiary/aromatic N) is 2. The number of rotatable bonds is 4. The van der Waals surface area contributed by atoms with Gasteiger partial charge in [0.2, 0.25) is 0 Å². The lowest BCUT2D eigenvalue weighted by Crippen LogP contribution is -2.14. The highest BCUT2D eigenvalue weighted by atomic mass is 15.0. The third-order valence-electron chi connectivity index (χ3n) is 15.6. The largest absolute Gasteiger partial charge is 0.309 e. The first kappa shape index (κ1) is 38.4. The van der Waals surface area contributed by atoms with Crippen LogP contribution in [0.3, 0.4) is 0 Å². The molecule has 69 heavy (non-hydrogen) atoms. The highest BCUT2D eigenvalue weighted by Crippen LogP contribution is 2.54. The van der Waals surface area contributed by atoms with Gasteiger partial charge in [0.05, 0.1) is 22.1 Å². The number of fused-ring (bicyclic) bond motifs is 15. The minimum absolute atomic E-state index is 0.172. The van der Waals surface area contributed by atoms with Gasteiger partial charge in [-0.3, -0.25) is 0 Å². The van der Waals surface area contributed by atoms with Crippen molar-refractivity contribution in [2.75, 3.05) is 0 Å². The first-order valence-electron chi connectivity index (χ1n) is 24.2. The van der Waals surface area contributed by atoms with Crippen LogP contribution in [0.4, 0.5) is 0 Å². The van der Waals surface area contributed by atoms with Crippen LogP contribution in [0, 0.1) is 0 Å². The summed E-state index contributed by atoms with van der Waals surface area (Å²) in [5, 5.41) is 15.2. The van der Waals surface area contributed by atoms with Crippen LogP contribution >= 0.6 is 0 Å². The van der Waals surface area contributed by atoms with E-state index < -0.39 is 0 Å². The predicted octanol–water partition coefficient (Wildman–Crippen LogP) is 18.1. The Morgan fingerprint density at radius 2 is 0.725 bits per heavy atom. The Kier molecular flexibility index (Phi) is 7.87. The zero-order chi connectivity index (χ0) is 45.5. The van der Waals surface area contributed by atoms with Crippen LogP contribution < -0.4 is 0 Å².